The highest BCUT2D eigenvalue weighted by atomic mass is 33.1. The van der Waals surface area contributed by atoms with Crippen LogP contribution in [0.25, 0.3) is 0 Å². The first kappa shape index (κ1) is 10.6. The maximum Gasteiger partial charge on any atom is 0.452 e. The molecule has 0 bridgehead atoms. The van der Waals surface area contributed by atoms with Gasteiger partial charge in [0.1, 0.15) is 5.75 Å². The molecule has 0 unspecified atom stereocenters. The predicted octanol–water partition coefficient (Wildman–Crippen LogP) is 3.65. The molecule has 0 saturated heterocycles. The number of hydrogen-bond acceptors (Lipinski definition) is 3. The van der Waals surface area contributed by atoms with Gasteiger partial charge in [0.15, 0.2) is 0 Å². The third-order valence-corrected chi connectivity index (χ3v) is 3.24. The van der Waals surface area contributed by atoms with Crippen molar-refractivity contribution < 1.29 is 18.3 Å². The summed E-state index contributed by atoms with van der Waals surface area (Å²) in [6.07, 6.45) is 0. The second-order valence-electron chi connectivity index (χ2n) is 2.08. The summed E-state index contributed by atoms with van der Waals surface area (Å²) in [6.45, 7) is 0. The largest absolute Gasteiger partial charge is 0.507 e. The summed E-state index contributed by atoms with van der Waals surface area (Å²) >= 11 is 0. The molecule has 0 atom stereocenters. The average molecular weight is 226 g/mol. The highest BCUT2D eigenvalue weighted by Crippen LogP contribution is 2.46. The molecule has 1 aromatic carbocycles. The molecule has 0 spiro atoms. The van der Waals surface area contributed by atoms with Gasteiger partial charge in [-0.2, -0.15) is 13.2 Å². The predicted molar refractivity (Wildman–Crippen MR) is 47.6 cm³/mol. The van der Waals surface area contributed by atoms with Crippen LogP contribution in [0.3, 0.4) is 0 Å². The number of rotatable bonds is 2. The summed E-state index contributed by atoms with van der Waals surface area (Å²) in [5.41, 5.74) is -4.28. The van der Waals surface area contributed by atoms with Gasteiger partial charge in [0.05, 0.1) is 4.90 Å². The van der Waals surface area contributed by atoms with Crippen LogP contribution in [-0.4, -0.2) is 10.6 Å². The van der Waals surface area contributed by atoms with Crippen molar-refractivity contribution in [3.63, 3.8) is 0 Å². The third kappa shape index (κ3) is 3.82. The van der Waals surface area contributed by atoms with Gasteiger partial charge >= 0.3 is 5.51 Å². The number of phenols is 1. The zero-order valence-electron chi connectivity index (χ0n) is 6.21. The number of benzene rings is 1. The Labute approximate surface area is 80.7 Å². The molecular formula is C7H5F3OS2. The van der Waals surface area contributed by atoms with Crippen LogP contribution in [0.2, 0.25) is 0 Å². The lowest BCUT2D eigenvalue weighted by atomic mass is 10.3. The lowest BCUT2D eigenvalue weighted by molar-refractivity contribution is -0.0311. The van der Waals surface area contributed by atoms with Crippen molar-refractivity contribution in [1.82, 2.24) is 0 Å². The Morgan fingerprint density at radius 3 is 2.31 bits per heavy atom. The van der Waals surface area contributed by atoms with Gasteiger partial charge in [0, 0.05) is 10.8 Å². The molecule has 0 aromatic heterocycles. The van der Waals surface area contributed by atoms with Crippen molar-refractivity contribution >= 4 is 21.6 Å². The second kappa shape index (κ2) is 4.15. The number of alkyl halides is 3. The number of aromatic hydroxyl groups is 1. The van der Waals surface area contributed by atoms with Crippen molar-refractivity contribution in [1.29, 1.82) is 0 Å². The summed E-state index contributed by atoms with van der Waals surface area (Å²) in [5.74, 6) is -0.135. The van der Waals surface area contributed by atoms with Gasteiger partial charge in [-0.15, -0.1) is 0 Å². The lowest BCUT2D eigenvalue weighted by Gasteiger charge is -2.05. The first-order valence-corrected chi connectivity index (χ1v) is 5.34. The first-order chi connectivity index (χ1) is 5.99. The highest BCUT2D eigenvalue weighted by molar-refractivity contribution is 8.77. The molecule has 6 heteroatoms. The maximum absolute atomic E-state index is 11.7. The minimum absolute atomic E-state index is 0.135. The van der Waals surface area contributed by atoms with Gasteiger partial charge in [-0.1, -0.05) is 12.1 Å². The van der Waals surface area contributed by atoms with Gasteiger partial charge in [-0.05, 0) is 22.9 Å². The summed E-state index contributed by atoms with van der Waals surface area (Å²) < 4.78 is 35.2. The Morgan fingerprint density at radius 1 is 1.15 bits per heavy atom. The van der Waals surface area contributed by atoms with Crippen molar-refractivity contribution in [2.45, 2.75) is 10.4 Å². The van der Waals surface area contributed by atoms with E-state index in [2.05, 4.69) is 0 Å². The van der Waals surface area contributed by atoms with Crippen LogP contribution in [0.1, 0.15) is 0 Å². The van der Waals surface area contributed by atoms with Crippen LogP contribution in [0.4, 0.5) is 13.2 Å². The van der Waals surface area contributed by atoms with Crippen LogP contribution >= 0.6 is 21.6 Å². The molecule has 72 valence electrons. The smallest absolute Gasteiger partial charge is 0.452 e. The van der Waals surface area contributed by atoms with Crippen LogP contribution < -0.4 is 0 Å². The molecule has 0 saturated carbocycles. The minimum atomic E-state index is -4.28. The zero-order chi connectivity index (χ0) is 9.90. The number of hydrogen-bond donors (Lipinski definition) is 1. The van der Waals surface area contributed by atoms with E-state index in [1.165, 1.54) is 12.1 Å². The molecule has 1 N–H and O–H groups in total. The van der Waals surface area contributed by atoms with E-state index in [-0.39, 0.29) is 21.4 Å². The molecule has 1 nitrogen and oxygen atoms in total. The molecule has 1 aromatic rings. The minimum Gasteiger partial charge on any atom is -0.507 e. The molecule has 13 heavy (non-hydrogen) atoms. The third-order valence-electron chi connectivity index (χ3n) is 1.09. The van der Waals surface area contributed by atoms with E-state index in [0.29, 0.717) is 10.8 Å². The van der Waals surface area contributed by atoms with Crippen LogP contribution in [-0.2, 0) is 0 Å². The van der Waals surface area contributed by atoms with Gasteiger partial charge in [0.25, 0.3) is 0 Å². The fourth-order valence-corrected chi connectivity index (χ4v) is 2.07. The van der Waals surface area contributed by atoms with E-state index >= 15 is 0 Å². The van der Waals surface area contributed by atoms with Gasteiger partial charge in [-0.3, -0.25) is 0 Å². The Bertz CT molecular complexity index is 287. The fourth-order valence-electron chi connectivity index (χ4n) is 0.620. The Kier molecular flexibility index (Phi) is 3.38. The molecule has 0 amide bonds. The molecular weight excluding hydrogens is 221 g/mol. The van der Waals surface area contributed by atoms with Crippen molar-refractivity contribution in [2.75, 3.05) is 0 Å². The van der Waals surface area contributed by atoms with Gasteiger partial charge in [0.2, 0.25) is 0 Å². The summed E-state index contributed by atoms with van der Waals surface area (Å²) in [7, 11) is 0.253. The van der Waals surface area contributed by atoms with Crippen molar-refractivity contribution in [3.8, 4) is 5.75 Å². The molecule has 0 heterocycles. The monoisotopic (exact) mass is 226 g/mol. The summed E-state index contributed by atoms with van der Waals surface area (Å²) in [6, 6.07) is 5.90. The fraction of sp³-hybridized carbons (Fsp3) is 0.143. The normalized spacial score (nSPS) is 11.6. The van der Waals surface area contributed by atoms with Crippen LogP contribution in [0.5, 0.6) is 5.75 Å². The Balaban J connectivity index is 2.60. The second-order valence-corrected chi connectivity index (χ2v) is 4.32. The van der Waals surface area contributed by atoms with Gasteiger partial charge in [-0.25, -0.2) is 0 Å². The average Bonchev–Trinajstić information content (AvgIpc) is 2.01. The first-order valence-electron chi connectivity index (χ1n) is 3.19. The molecule has 1 rings (SSSR count). The molecule has 0 aliphatic heterocycles. The van der Waals surface area contributed by atoms with Crippen LogP contribution in [0, 0.1) is 0 Å². The van der Waals surface area contributed by atoms with E-state index in [9.17, 15) is 13.2 Å². The van der Waals surface area contributed by atoms with E-state index in [1.54, 1.807) is 12.1 Å². The van der Waals surface area contributed by atoms with Crippen LogP contribution in [0.15, 0.2) is 29.2 Å². The molecule has 0 radical (unpaired) electrons. The summed E-state index contributed by atoms with van der Waals surface area (Å²) in [5, 5.41) is 9.11. The number of halogens is 3. The SMILES string of the molecule is Oc1ccccc1SSC(F)(F)F. The number of para-hydroxylation sites is 1. The zero-order valence-corrected chi connectivity index (χ0v) is 7.84. The van der Waals surface area contributed by atoms with Gasteiger partial charge < -0.3 is 5.11 Å². The summed E-state index contributed by atoms with van der Waals surface area (Å²) in [4.78, 5) is 0.213. The van der Waals surface area contributed by atoms with Crippen molar-refractivity contribution in [2.24, 2.45) is 0 Å². The van der Waals surface area contributed by atoms with E-state index < -0.39 is 5.51 Å². The maximum atomic E-state index is 11.7. The Morgan fingerprint density at radius 2 is 1.77 bits per heavy atom. The van der Waals surface area contributed by atoms with E-state index in [0.717, 1.165) is 0 Å². The van der Waals surface area contributed by atoms with E-state index in [1.807, 2.05) is 0 Å². The standard InChI is InChI=1S/C7H5F3OS2/c8-7(9,10)13-12-6-4-2-1-3-5(6)11/h1-4,11H. The quantitative estimate of drug-likeness (QED) is 0.777. The van der Waals surface area contributed by atoms with E-state index in [4.69, 9.17) is 5.11 Å². The molecule has 0 aliphatic rings. The topological polar surface area (TPSA) is 20.2 Å². The Hall–Kier alpha value is -0.490. The molecule has 0 fully saturated rings. The van der Waals surface area contributed by atoms with Crippen molar-refractivity contribution in [3.05, 3.63) is 24.3 Å². The highest BCUT2D eigenvalue weighted by Gasteiger charge is 2.29. The lowest BCUT2D eigenvalue weighted by Crippen LogP contribution is -1.95. The number of phenolic OH excluding ortho intramolecular Hbond substituents is 1. The molecule has 0 aliphatic carbocycles.